The number of carbonyl (C=O) groups is 1. The Labute approximate surface area is 94.7 Å². The van der Waals surface area contributed by atoms with Crippen LogP contribution in [-0.4, -0.2) is 22.6 Å². The summed E-state index contributed by atoms with van der Waals surface area (Å²) in [6.45, 7) is 0.899. The smallest absolute Gasteiger partial charge is 0.335 e. The molecule has 1 aromatic heterocycles. The lowest BCUT2D eigenvalue weighted by atomic mass is 10.1. The molecular weight excluding hydrogens is 204 g/mol. The number of aromatic carboxylic acids is 1. The van der Waals surface area contributed by atoms with Crippen LogP contribution in [0.5, 0.6) is 0 Å². The lowest BCUT2D eigenvalue weighted by Gasteiger charge is -2.11. The number of rotatable bonds is 4. The maximum atomic E-state index is 10.8. The van der Waals surface area contributed by atoms with Crippen molar-refractivity contribution in [3.05, 3.63) is 23.9 Å². The highest BCUT2D eigenvalue weighted by Gasteiger charge is 2.14. The van der Waals surface area contributed by atoms with Crippen LogP contribution in [-0.2, 0) is 0 Å². The Kier molecular flexibility index (Phi) is 3.39. The molecule has 1 aliphatic carbocycles. The van der Waals surface area contributed by atoms with E-state index in [1.54, 1.807) is 6.07 Å². The number of nitrogens with zero attached hydrogens (tertiary/aromatic N) is 1. The molecule has 0 bridgehead atoms. The highest BCUT2D eigenvalue weighted by molar-refractivity contribution is 5.88. The van der Waals surface area contributed by atoms with Crippen molar-refractivity contribution < 1.29 is 9.90 Å². The van der Waals surface area contributed by atoms with Crippen molar-refractivity contribution >= 4 is 11.8 Å². The first-order chi connectivity index (χ1) is 7.75. The van der Waals surface area contributed by atoms with E-state index in [-0.39, 0.29) is 5.56 Å². The lowest BCUT2D eigenvalue weighted by Crippen LogP contribution is -2.12. The van der Waals surface area contributed by atoms with E-state index in [0.29, 0.717) is 5.82 Å². The molecule has 0 atom stereocenters. The van der Waals surface area contributed by atoms with Crippen LogP contribution in [0.4, 0.5) is 5.82 Å². The zero-order valence-corrected chi connectivity index (χ0v) is 9.15. The largest absolute Gasteiger partial charge is 0.478 e. The molecule has 2 rings (SSSR count). The molecule has 0 radical (unpaired) electrons. The predicted molar refractivity (Wildman–Crippen MR) is 61.6 cm³/mol. The SMILES string of the molecule is O=C(O)c1ccnc(NCC2CCCC2)c1. The molecule has 0 aromatic carbocycles. The Morgan fingerprint density at radius 1 is 1.50 bits per heavy atom. The van der Waals surface area contributed by atoms with Gasteiger partial charge >= 0.3 is 5.97 Å². The van der Waals surface area contributed by atoms with Gasteiger partial charge in [0.2, 0.25) is 0 Å². The summed E-state index contributed by atoms with van der Waals surface area (Å²) in [6.07, 6.45) is 6.70. The first-order valence-electron chi connectivity index (χ1n) is 5.69. The average molecular weight is 220 g/mol. The quantitative estimate of drug-likeness (QED) is 0.817. The molecule has 1 aliphatic rings. The van der Waals surface area contributed by atoms with Crippen molar-refractivity contribution in [2.45, 2.75) is 25.7 Å². The molecule has 1 aromatic rings. The Bertz CT molecular complexity index is 373. The summed E-state index contributed by atoms with van der Waals surface area (Å²) in [5.41, 5.74) is 0.281. The molecule has 1 fully saturated rings. The van der Waals surface area contributed by atoms with Gasteiger partial charge in [-0.1, -0.05) is 12.8 Å². The van der Waals surface area contributed by atoms with E-state index in [9.17, 15) is 4.79 Å². The molecule has 0 saturated heterocycles. The molecule has 0 spiro atoms. The lowest BCUT2D eigenvalue weighted by molar-refractivity contribution is 0.0697. The zero-order valence-electron chi connectivity index (χ0n) is 9.15. The van der Waals surface area contributed by atoms with E-state index in [4.69, 9.17) is 5.11 Å². The summed E-state index contributed by atoms with van der Waals surface area (Å²) in [7, 11) is 0. The van der Waals surface area contributed by atoms with E-state index >= 15 is 0 Å². The normalized spacial score (nSPS) is 16.2. The van der Waals surface area contributed by atoms with Gasteiger partial charge in [0.1, 0.15) is 5.82 Å². The summed E-state index contributed by atoms with van der Waals surface area (Å²) in [6, 6.07) is 3.08. The second-order valence-electron chi connectivity index (χ2n) is 4.27. The van der Waals surface area contributed by atoms with Crippen LogP contribution in [0.1, 0.15) is 36.0 Å². The number of hydrogen-bond acceptors (Lipinski definition) is 3. The van der Waals surface area contributed by atoms with Crippen LogP contribution < -0.4 is 5.32 Å². The van der Waals surface area contributed by atoms with Gasteiger partial charge in [0.25, 0.3) is 0 Å². The molecule has 4 heteroatoms. The van der Waals surface area contributed by atoms with Gasteiger partial charge in [0.15, 0.2) is 0 Å². The summed E-state index contributed by atoms with van der Waals surface area (Å²) in [5, 5.41) is 12.0. The molecule has 0 amide bonds. The van der Waals surface area contributed by atoms with Gasteiger partial charge in [-0.15, -0.1) is 0 Å². The standard InChI is InChI=1S/C12H16N2O2/c15-12(16)10-5-6-13-11(7-10)14-8-9-3-1-2-4-9/h5-7,9H,1-4,8H2,(H,13,14)(H,15,16). The maximum absolute atomic E-state index is 10.8. The Balaban J connectivity index is 1.93. The van der Waals surface area contributed by atoms with Crippen molar-refractivity contribution in [2.24, 2.45) is 5.92 Å². The molecule has 16 heavy (non-hydrogen) atoms. The number of carboxylic acid groups (broad SMARTS) is 1. The van der Waals surface area contributed by atoms with Crippen molar-refractivity contribution in [3.63, 3.8) is 0 Å². The molecule has 2 N–H and O–H groups in total. The van der Waals surface area contributed by atoms with Crippen molar-refractivity contribution in [1.29, 1.82) is 0 Å². The summed E-state index contributed by atoms with van der Waals surface area (Å²) in [5.74, 6) is 0.466. The van der Waals surface area contributed by atoms with Crippen LogP contribution in [0.25, 0.3) is 0 Å². The molecule has 0 unspecified atom stereocenters. The summed E-state index contributed by atoms with van der Waals surface area (Å²) in [4.78, 5) is 14.9. The number of pyridine rings is 1. The molecular formula is C12H16N2O2. The van der Waals surface area contributed by atoms with Crippen molar-refractivity contribution in [2.75, 3.05) is 11.9 Å². The summed E-state index contributed by atoms with van der Waals surface area (Å²) < 4.78 is 0. The average Bonchev–Trinajstić information content (AvgIpc) is 2.79. The van der Waals surface area contributed by atoms with Gasteiger partial charge < -0.3 is 10.4 Å². The third-order valence-electron chi connectivity index (χ3n) is 3.05. The molecule has 1 saturated carbocycles. The van der Waals surface area contributed by atoms with E-state index < -0.39 is 5.97 Å². The third kappa shape index (κ3) is 2.72. The summed E-state index contributed by atoms with van der Waals surface area (Å²) >= 11 is 0. The van der Waals surface area contributed by atoms with Gasteiger partial charge in [-0.2, -0.15) is 0 Å². The van der Waals surface area contributed by atoms with Gasteiger partial charge in [0, 0.05) is 12.7 Å². The molecule has 86 valence electrons. The second kappa shape index (κ2) is 4.96. The molecule has 1 heterocycles. The third-order valence-corrected chi connectivity index (χ3v) is 3.05. The van der Waals surface area contributed by atoms with Crippen LogP contribution in [0.3, 0.4) is 0 Å². The Morgan fingerprint density at radius 3 is 2.94 bits per heavy atom. The highest BCUT2D eigenvalue weighted by atomic mass is 16.4. The number of nitrogens with one attached hydrogen (secondary N) is 1. The number of aromatic nitrogens is 1. The van der Waals surface area contributed by atoms with Gasteiger partial charge in [-0.05, 0) is 30.9 Å². The van der Waals surface area contributed by atoms with Crippen molar-refractivity contribution in [3.8, 4) is 0 Å². The number of hydrogen-bond donors (Lipinski definition) is 2. The van der Waals surface area contributed by atoms with Gasteiger partial charge in [-0.3, -0.25) is 0 Å². The highest BCUT2D eigenvalue weighted by Crippen LogP contribution is 2.24. The Morgan fingerprint density at radius 2 is 2.25 bits per heavy atom. The van der Waals surface area contributed by atoms with Gasteiger partial charge in [-0.25, -0.2) is 9.78 Å². The van der Waals surface area contributed by atoms with Gasteiger partial charge in [0.05, 0.1) is 5.56 Å². The van der Waals surface area contributed by atoms with E-state index in [0.717, 1.165) is 12.5 Å². The predicted octanol–water partition coefficient (Wildman–Crippen LogP) is 2.38. The minimum atomic E-state index is -0.911. The van der Waals surface area contributed by atoms with Crippen molar-refractivity contribution in [1.82, 2.24) is 4.98 Å². The molecule has 4 nitrogen and oxygen atoms in total. The minimum Gasteiger partial charge on any atom is -0.478 e. The Hall–Kier alpha value is -1.58. The fraction of sp³-hybridized carbons (Fsp3) is 0.500. The zero-order chi connectivity index (χ0) is 11.4. The minimum absolute atomic E-state index is 0.281. The van der Waals surface area contributed by atoms with E-state index in [1.165, 1.54) is 37.9 Å². The maximum Gasteiger partial charge on any atom is 0.335 e. The fourth-order valence-corrected chi connectivity index (χ4v) is 2.12. The van der Waals surface area contributed by atoms with Crippen LogP contribution in [0, 0.1) is 5.92 Å². The molecule has 0 aliphatic heterocycles. The van der Waals surface area contributed by atoms with E-state index in [1.807, 2.05) is 0 Å². The second-order valence-corrected chi connectivity index (χ2v) is 4.27. The fourth-order valence-electron chi connectivity index (χ4n) is 2.12. The first kappa shape index (κ1) is 10.9. The van der Waals surface area contributed by atoms with E-state index in [2.05, 4.69) is 10.3 Å². The first-order valence-corrected chi connectivity index (χ1v) is 5.69. The monoisotopic (exact) mass is 220 g/mol. The number of carboxylic acids is 1. The number of anilines is 1. The van der Waals surface area contributed by atoms with Crippen LogP contribution in [0.2, 0.25) is 0 Å². The van der Waals surface area contributed by atoms with Crippen LogP contribution >= 0.6 is 0 Å². The van der Waals surface area contributed by atoms with Crippen LogP contribution in [0.15, 0.2) is 18.3 Å². The topological polar surface area (TPSA) is 62.2 Å².